The molecule has 7 heteroatoms. The fourth-order valence-corrected chi connectivity index (χ4v) is 0.976. The number of hydrogen-bond acceptors (Lipinski definition) is 6. The van der Waals surface area contributed by atoms with Crippen LogP contribution in [0.15, 0.2) is 53.1 Å². The summed E-state index contributed by atoms with van der Waals surface area (Å²) in [5.41, 5.74) is 0.137. The quantitative estimate of drug-likeness (QED) is 0.488. The van der Waals surface area contributed by atoms with Gasteiger partial charge in [-0.1, -0.05) is 18.2 Å². The van der Waals surface area contributed by atoms with Gasteiger partial charge in [0.05, 0.1) is 17.8 Å². The van der Waals surface area contributed by atoms with Crippen LogP contribution in [0.4, 0.5) is 5.69 Å². The molecule has 0 unspecified atom stereocenters. The van der Waals surface area contributed by atoms with Gasteiger partial charge in [-0.3, -0.25) is 19.7 Å². The first-order valence-electron chi connectivity index (χ1n) is 5.89. The van der Waals surface area contributed by atoms with Crippen molar-refractivity contribution in [3.05, 3.63) is 64.6 Å². The number of ether oxygens (including phenoxy) is 1. The summed E-state index contributed by atoms with van der Waals surface area (Å²) in [5.74, 6) is 0.375. The van der Waals surface area contributed by atoms with Crippen LogP contribution in [0.3, 0.4) is 0 Å². The number of non-ortho nitro benzene ring substituents is 1. The minimum absolute atomic E-state index is 0.137. The topological polar surface area (TPSA) is 99.7 Å². The Kier molecular flexibility index (Phi) is 10.4. The lowest BCUT2D eigenvalue weighted by molar-refractivity contribution is -0.384. The summed E-state index contributed by atoms with van der Waals surface area (Å²) in [6.45, 7) is 2.66. The molecule has 2 aromatic rings. The first-order chi connectivity index (χ1) is 10.2. The van der Waals surface area contributed by atoms with Gasteiger partial charge in [-0.05, 0) is 19.1 Å². The van der Waals surface area contributed by atoms with Crippen LogP contribution < -0.4 is 0 Å². The zero-order valence-corrected chi connectivity index (χ0v) is 11.4. The van der Waals surface area contributed by atoms with Crippen LogP contribution in [0, 0.1) is 10.1 Å². The van der Waals surface area contributed by atoms with Gasteiger partial charge in [0.15, 0.2) is 12.0 Å². The van der Waals surface area contributed by atoms with Crippen LogP contribution in [0.2, 0.25) is 0 Å². The molecule has 1 aromatic heterocycles. The zero-order chi connectivity index (χ0) is 15.9. The lowest BCUT2D eigenvalue weighted by atomic mass is 10.3. The van der Waals surface area contributed by atoms with Gasteiger partial charge in [-0.25, -0.2) is 0 Å². The van der Waals surface area contributed by atoms with Crippen molar-refractivity contribution in [3.63, 3.8) is 0 Å². The minimum atomic E-state index is -0.417. The predicted octanol–water partition coefficient (Wildman–Crippen LogP) is 2.87. The van der Waals surface area contributed by atoms with Crippen LogP contribution in [-0.2, 0) is 9.53 Å². The third-order valence-corrected chi connectivity index (χ3v) is 1.86. The number of nitro benzene ring substituents is 1. The molecule has 0 saturated heterocycles. The second-order valence-electron chi connectivity index (χ2n) is 3.28. The lowest BCUT2D eigenvalue weighted by Crippen LogP contribution is -1.84. The number of aldehydes is 1. The average molecular weight is 293 g/mol. The zero-order valence-electron chi connectivity index (χ0n) is 11.4. The Labute approximate surface area is 121 Å². The third-order valence-electron chi connectivity index (χ3n) is 1.86. The SMILES string of the molecule is CCOC=O.O=Cc1ccco1.O=[N+]([O-])c1ccccc1. The lowest BCUT2D eigenvalue weighted by Gasteiger charge is -1.85. The average Bonchev–Trinajstić information content (AvgIpc) is 3.04. The molecule has 0 spiro atoms. The molecular weight excluding hydrogens is 278 g/mol. The molecule has 7 nitrogen and oxygen atoms in total. The number of carbonyl (C=O) groups is 2. The Balaban J connectivity index is 0.000000300. The van der Waals surface area contributed by atoms with E-state index >= 15 is 0 Å². The van der Waals surface area contributed by atoms with E-state index in [2.05, 4.69) is 9.15 Å². The Morgan fingerprint density at radius 3 is 2.10 bits per heavy atom. The highest BCUT2D eigenvalue weighted by atomic mass is 16.6. The van der Waals surface area contributed by atoms with Crippen LogP contribution >= 0.6 is 0 Å². The number of benzene rings is 1. The maximum absolute atomic E-state index is 10.0. The summed E-state index contributed by atoms with van der Waals surface area (Å²) in [5, 5.41) is 10.0. The summed E-state index contributed by atoms with van der Waals surface area (Å²) in [4.78, 5) is 28.5. The van der Waals surface area contributed by atoms with E-state index in [1.165, 1.54) is 18.4 Å². The number of nitro groups is 1. The number of furan rings is 1. The Morgan fingerprint density at radius 1 is 1.19 bits per heavy atom. The monoisotopic (exact) mass is 293 g/mol. The highest BCUT2D eigenvalue weighted by Gasteiger charge is 1.98. The molecule has 1 heterocycles. The molecule has 0 atom stereocenters. The molecule has 0 bridgehead atoms. The van der Waals surface area contributed by atoms with E-state index in [9.17, 15) is 19.7 Å². The maximum Gasteiger partial charge on any atom is 0.293 e. The fraction of sp³-hybridized carbons (Fsp3) is 0.143. The maximum atomic E-state index is 10.0. The van der Waals surface area contributed by atoms with E-state index in [-0.39, 0.29) is 5.69 Å². The number of nitrogens with zero attached hydrogens (tertiary/aromatic N) is 1. The Bertz CT molecular complexity index is 510. The molecule has 0 aliphatic heterocycles. The van der Waals surface area contributed by atoms with Gasteiger partial charge in [0.25, 0.3) is 12.2 Å². The fourth-order valence-electron chi connectivity index (χ4n) is 0.976. The summed E-state index contributed by atoms with van der Waals surface area (Å²) in [7, 11) is 0. The standard InChI is InChI=1S/C6H5NO2.C5H4O2.C3H6O2/c8-7(9)6-4-2-1-3-5-6;6-4-5-2-1-3-7-5;1-2-5-3-4/h1-5H;1-4H;3H,2H2,1H3. The first-order valence-corrected chi connectivity index (χ1v) is 5.89. The predicted molar refractivity (Wildman–Crippen MR) is 74.9 cm³/mol. The second kappa shape index (κ2) is 12.1. The summed E-state index contributed by atoms with van der Waals surface area (Å²) < 4.78 is 8.77. The van der Waals surface area contributed by atoms with Gasteiger partial charge >= 0.3 is 0 Å². The largest absolute Gasteiger partial charge is 0.468 e. The molecule has 0 aliphatic carbocycles. The molecular formula is C14H15NO6. The van der Waals surface area contributed by atoms with Crippen molar-refractivity contribution in [1.82, 2.24) is 0 Å². The molecule has 21 heavy (non-hydrogen) atoms. The number of carbonyl (C=O) groups excluding carboxylic acids is 2. The van der Waals surface area contributed by atoms with Gasteiger partial charge < -0.3 is 9.15 Å². The molecule has 0 fully saturated rings. The van der Waals surface area contributed by atoms with Crippen molar-refractivity contribution in [2.75, 3.05) is 6.61 Å². The molecule has 2 rings (SSSR count). The van der Waals surface area contributed by atoms with Crippen molar-refractivity contribution >= 4 is 18.4 Å². The molecule has 112 valence electrons. The van der Waals surface area contributed by atoms with Crippen molar-refractivity contribution in [1.29, 1.82) is 0 Å². The van der Waals surface area contributed by atoms with Crippen LogP contribution in [0.25, 0.3) is 0 Å². The van der Waals surface area contributed by atoms with Gasteiger partial charge in [0.1, 0.15) is 0 Å². The number of para-hydroxylation sites is 1. The van der Waals surface area contributed by atoms with Crippen molar-refractivity contribution in [2.24, 2.45) is 0 Å². The van der Waals surface area contributed by atoms with Crippen molar-refractivity contribution in [3.8, 4) is 0 Å². The van der Waals surface area contributed by atoms with E-state index in [0.29, 0.717) is 25.1 Å². The normalized spacial score (nSPS) is 8.24. The summed E-state index contributed by atoms with van der Waals surface area (Å²) >= 11 is 0. The Morgan fingerprint density at radius 2 is 1.86 bits per heavy atom. The van der Waals surface area contributed by atoms with E-state index in [4.69, 9.17) is 0 Å². The first kappa shape index (κ1) is 18.0. The summed E-state index contributed by atoms with van der Waals surface area (Å²) in [6, 6.07) is 11.2. The number of rotatable bonds is 4. The van der Waals surface area contributed by atoms with Crippen LogP contribution in [0.5, 0.6) is 0 Å². The highest BCUT2D eigenvalue weighted by Crippen LogP contribution is 2.06. The van der Waals surface area contributed by atoms with E-state index < -0.39 is 4.92 Å². The molecule has 1 aromatic carbocycles. The van der Waals surface area contributed by atoms with Gasteiger partial charge in [-0.2, -0.15) is 0 Å². The minimum Gasteiger partial charge on any atom is -0.468 e. The molecule has 0 amide bonds. The Hall–Kier alpha value is -2.96. The molecule has 0 saturated carbocycles. The highest BCUT2D eigenvalue weighted by molar-refractivity contribution is 5.69. The molecule has 0 N–H and O–H groups in total. The van der Waals surface area contributed by atoms with Crippen LogP contribution in [-0.4, -0.2) is 24.3 Å². The van der Waals surface area contributed by atoms with E-state index in [0.717, 1.165) is 0 Å². The summed E-state index contributed by atoms with van der Waals surface area (Å²) in [6.07, 6.45) is 2.13. The van der Waals surface area contributed by atoms with E-state index in [1.807, 2.05) is 0 Å². The second-order valence-corrected chi connectivity index (χ2v) is 3.28. The van der Waals surface area contributed by atoms with Crippen molar-refractivity contribution < 1.29 is 23.7 Å². The van der Waals surface area contributed by atoms with Gasteiger partial charge in [0.2, 0.25) is 0 Å². The molecule has 0 aliphatic rings. The third kappa shape index (κ3) is 9.60. The molecule has 0 radical (unpaired) electrons. The van der Waals surface area contributed by atoms with Crippen LogP contribution in [0.1, 0.15) is 17.5 Å². The van der Waals surface area contributed by atoms with Gasteiger partial charge in [0, 0.05) is 12.1 Å². The number of hydrogen-bond donors (Lipinski definition) is 0. The van der Waals surface area contributed by atoms with Crippen molar-refractivity contribution in [2.45, 2.75) is 6.92 Å². The van der Waals surface area contributed by atoms with E-state index in [1.54, 1.807) is 37.3 Å². The smallest absolute Gasteiger partial charge is 0.293 e. The van der Waals surface area contributed by atoms with Gasteiger partial charge in [-0.15, -0.1) is 0 Å².